The molecule has 22 heavy (non-hydrogen) atoms. The van der Waals surface area contributed by atoms with Crippen molar-refractivity contribution in [2.75, 3.05) is 0 Å². The third-order valence-electron chi connectivity index (χ3n) is 3.83. The molecule has 0 aliphatic carbocycles. The summed E-state index contributed by atoms with van der Waals surface area (Å²) in [6.07, 6.45) is 12.2. The summed E-state index contributed by atoms with van der Waals surface area (Å²) in [5.41, 5.74) is 6.43. The van der Waals surface area contributed by atoms with Crippen LogP contribution < -0.4 is 5.73 Å². The smallest absolute Gasteiger partial charge is 0.0563 e. The maximum Gasteiger partial charge on any atom is 0.0563 e. The Hall–Kier alpha value is -2.41. The Labute approximate surface area is 129 Å². The molecule has 0 saturated carbocycles. The molecular weight excluding hydrogens is 278 g/mol. The Bertz CT molecular complexity index is 628. The van der Waals surface area contributed by atoms with Crippen LogP contribution in [-0.2, 0) is 19.6 Å². The van der Waals surface area contributed by atoms with E-state index in [2.05, 4.69) is 15.3 Å². The summed E-state index contributed by atoms with van der Waals surface area (Å²) < 4.78 is 5.77. The first-order valence-corrected chi connectivity index (χ1v) is 7.49. The molecule has 3 aromatic rings. The number of rotatable bonds is 8. The summed E-state index contributed by atoms with van der Waals surface area (Å²) in [5.74, 6) is 0.299. The van der Waals surface area contributed by atoms with Gasteiger partial charge in [-0.05, 0) is 30.5 Å². The number of aryl methyl sites for hydroxylation is 1. The fraction of sp³-hybridized carbons (Fsp3) is 0.400. The molecule has 116 valence electrons. The van der Waals surface area contributed by atoms with Crippen LogP contribution in [0.1, 0.15) is 6.42 Å². The molecular formula is C15H21N7. The van der Waals surface area contributed by atoms with E-state index in [4.69, 9.17) is 5.73 Å². The van der Waals surface area contributed by atoms with Crippen LogP contribution >= 0.6 is 0 Å². The lowest BCUT2D eigenvalue weighted by Gasteiger charge is -2.24. The van der Waals surface area contributed by atoms with Gasteiger partial charge in [0.25, 0.3) is 0 Å². The van der Waals surface area contributed by atoms with Gasteiger partial charge < -0.3 is 5.73 Å². The summed E-state index contributed by atoms with van der Waals surface area (Å²) in [4.78, 5) is 0. The van der Waals surface area contributed by atoms with E-state index in [0.717, 1.165) is 19.5 Å². The third kappa shape index (κ3) is 3.82. The lowest BCUT2D eigenvalue weighted by atomic mass is 9.96. The summed E-state index contributed by atoms with van der Waals surface area (Å²) in [7, 11) is 0. The first-order chi connectivity index (χ1) is 10.8. The van der Waals surface area contributed by atoms with Gasteiger partial charge in [0, 0.05) is 56.3 Å². The van der Waals surface area contributed by atoms with Crippen molar-refractivity contribution in [3.63, 3.8) is 0 Å². The highest BCUT2D eigenvalue weighted by Gasteiger charge is 2.19. The summed E-state index contributed by atoms with van der Waals surface area (Å²) >= 11 is 0. The van der Waals surface area contributed by atoms with E-state index in [0.29, 0.717) is 12.5 Å². The average molecular weight is 299 g/mol. The monoisotopic (exact) mass is 299 g/mol. The highest BCUT2D eigenvalue weighted by molar-refractivity contribution is 4.84. The molecule has 0 fully saturated rings. The summed E-state index contributed by atoms with van der Waals surface area (Å²) in [6.45, 7) is 2.36. The van der Waals surface area contributed by atoms with Crippen LogP contribution in [0.5, 0.6) is 0 Å². The van der Waals surface area contributed by atoms with Crippen LogP contribution in [0.3, 0.4) is 0 Å². The van der Waals surface area contributed by atoms with Crippen molar-refractivity contribution >= 4 is 0 Å². The van der Waals surface area contributed by atoms with Crippen LogP contribution in [0.25, 0.3) is 0 Å². The minimum absolute atomic E-state index is 0.0136. The van der Waals surface area contributed by atoms with Gasteiger partial charge in [0.1, 0.15) is 0 Å². The lowest BCUT2D eigenvalue weighted by Crippen LogP contribution is -2.37. The van der Waals surface area contributed by atoms with Gasteiger partial charge in [-0.25, -0.2) is 0 Å². The van der Waals surface area contributed by atoms with Crippen molar-refractivity contribution in [1.29, 1.82) is 0 Å². The minimum Gasteiger partial charge on any atom is -0.326 e. The highest BCUT2D eigenvalue weighted by Crippen LogP contribution is 2.13. The van der Waals surface area contributed by atoms with E-state index in [1.807, 2.05) is 50.8 Å². The van der Waals surface area contributed by atoms with E-state index in [1.165, 1.54) is 0 Å². The number of nitrogens with two attached hydrogens (primary N) is 1. The zero-order chi connectivity index (χ0) is 15.2. The number of nitrogens with zero attached hydrogens (tertiary/aromatic N) is 6. The molecule has 7 nitrogen and oxygen atoms in total. The molecule has 0 spiro atoms. The second kappa shape index (κ2) is 7.04. The van der Waals surface area contributed by atoms with Crippen molar-refractivity contribution in [1.82, 2.24) is 29.3 Å². The van der Waals surface area contributed by atoms with Gasteiger partial charge in [0.05, 0.1) is 6.54 Å². The van der Waals surface area contributed by atoms with Crippen LogP contribution in [0.4, 0.5) is 0 Å². The maximum atomic E-state index is 6.43. The van der Waals surface area contributed by atoms with Crippen molar-refractivity contribution < 1.29 is 0 Å². The lowest BCUT2D eigenvalue weighted by molar-refractivity contribution is 0.284. The van der Waals surface area contributed by atoms with Crippen molar-refractivity contribution in [2.45, 2.75) is 32.1 Å². The van der Waals surface area contributed by atoms with E-state index in [-0.39, 0.29) is 6.04 Å². The molecule has 0 saturated heterocycles. The second-order valence-electron chi connectivity index (χ2n) is 5.44. The molecule has 2 atom stereocenters. The van der Waals surface area contributed by atoms with Gasteiger partial charge in [-0.3, -0.25) is 14.0 Å². The van der Waals surface area contributed by atoms with E-state index >= 15 is 0 Å². The van der Waals surface area contributed by atoms with Gasteiger partial charge in [0.15, 0.2) is 0 Å². The normalized spacial score (nSPS) is 14.0. The molecule has 3 aromatic heterocycles. The Morgan fingerprint density at radius 3 is 1.86 bits per heavy atom. The zero-order valence-electron chi connectivity index (χ0n) is 12.4. The molecule has 3 heterocycles. The number of aromatic nitrogens is 6. The van der Waals surface area contributed by atoms with Gasteiger partial charge in [-0.1, -0.05) is 0 Å². The molecule has 7 heteroatoms. The second-order valence-corrected chi connectivity index (χ2v) is 5.44. The molecule has 0 radical (unpaired) electrons. The molecule has 0 aromatic carbocycles. The first-order valence-electron chi connectivity index (χ1n) is 7.49. The molecule has 0 aliphatic rings. The Kier molecular flexibility index (Phi) is 4.65. The predicted octanol–water partition coefficient (Wildman–Crippen LogP) is 1.01. The van der Waals surface area contributed by atoms with Gasteiger partial charge in [-0.2, -0.15) is 15.3 Å². The first kappa shape index (κ1) is 14.5. The standard InChI is InChI=1S/C15H21N7/c16-15(13-22-10-3-7-19-22)14(12-21-9-2-6-18-21)4-11-20-8-1-5-17-20/h1-3,5-10,14-15H,4,11-13,16H2. The van der Waals surface area contributed by atoms with Crippen LogP contribution in [0.15, 0.2) is 55.4 Å². The predicted molar refractivity (Wildman–Crippen MR) is 82.8 cm³/mol. The fourth-order valence-corrected chi connectivity index (χ4v) is 2.59. The van der Waals surface area contributed by atoms with Crippen LogP contribution in [0.2, 0.25) is 0 Å². The maximum absolute atomic E-state index is 6.43. The number of hydrogen-bond acceptors (Lipinski definition) is 4. The van der Waals surface area contributed by atoms with Gasteiger partial charge >= 0.3 is 0 Å². The topological polar surface area (TPSA) is 79.5 Å². The highest BCUT2D eigenvalue weighted by atomic mass is 15.3. The largest absolute Gasteiger partial charge is 0.326 e. The minimum atomic E-state index is 0.0136. The van der Waals surface area contributed by atoms with Crippen LogP contribution in [-0.4, -0.2) is 35.4 Å². The van der Waals surface area contributed by atoms with Crippen molar-refractivity contribution in [3.8, 4) is 0 Å². The molecule has 0 amide bonds. The Morgan fingerprint density at radius 1 is 0.773 bits per heavy atom. The quantitative estimate of drug-likeness (QED) is 0.673. The Balaban J connectivity index is 1.64. The fourth-order valence-electron chi connectivity index (χ4n) is 2.59. The van der Waals surface area contributed by atoms with Crippen molar-refractivity contribution in [3.05, 3.63) is 55.4 Å². The summed E-state index contributed by atoms with van der Waals surface area (Å²) in [5, 5.41) is 12.8. The van der Waals surface area contributed by atoms with E-state index in [9.17, 15) is 0 Å². The molecule has 2 unspecified atom stereocenters. The van der Waals surface area contributed by atoms with E-state index in [1.54, 1.807) is 18.6 Å². The SMILES string of the molecule is NC(Cn1cccn1)C(CCn1cccn1)Cn1cccn1. The molecule has 2 N–H and O–H groups in total. The number of hydrogen-bond donors (Lipinski definition) is 1. The summed E-state index contributed by atoms with van der Waals surface area (Å²) in [6, 6.07) is 5.80. The van der Waals surface area contributed by atoms with Crippen molar-refractivity contribution in [2.24, 2.45) is 11.7 Å². The zero-order valence-corrected chi connectivity index (χ0v) is 12.4. The van der Waals surface area contributed by atoms with E-state index < -0.39 is 0 Å². The van der Waals surface area contributed by atoms with Crippen LogP contribution in [0, 0.1) is 5.92 Å². The average Bonchev–Trinajstić information content (AvgIpc) is 3.26. The Morgan fingerprint density at radius 2 is 1.32 bits per heavy atom. The molecule has 3 rings (SSSR count). The molecule has 0 aliphatic heterocycles. The van der Waals surface area contributed by atoms with Gasteiger partial charge in [0.2, 0.25) is 0 Å². The third-order valence-corrected chi connectivity index (χ3v) is 3.83. The molecule has 0 bridgehead atoms. The van der Waals surface area contributed by atoms with Gasteiger partial charge in [-0.15, -0.1) is 0 Å².